The molecule has 142 valence electrons. The molecule has 1 aliphatic rings. The highest BCUT2D eigenvalue weighted by molar-refractivity contribution is 9.11. The molecule has 0 saturated carbocycles. The number of methoxy groups -OCH3 is 2. The lowest BCUT2D eigenvalue weighted by Gasteiger charge is -2.15. The lowest BCUT2D eigenvalue weighted by molar-refractivity contribution is -0.116. The van der Waals surface area contributed by atoms with Crippen LogP contribution in [0.1, 0.15) is 5.56 Å². The first-order valence-corrected chi connectivity index (χ1v) is 10.6. The third kappa shape index (κ3) is 4.74. The van der Waals surface area contributed by atoms with Crippen LogP contribution >= 0.6 is 55.2 Å². The molecule has 1 aliphatic heterocycles. The Balaban J connectivity index is 1.80. The number of benzene rings is 2. The zero-order chi connectivity index (χ0) is 19.6. The van der Waals surface area contributed by atoms with Gasteiger partial charge in [0.2, 0.25) is 0 Å². The van der Waals surface area contributed by atoms with Crippen molar-refractivity contribution in [2.75, 3.05) is 19.5 Å². The molecule has 1 fully saturated rings. The molecule has 0 bridgehead atoms. The maximum absolute atomic E-state index is 12.3. The summed E-state index contributed by atoms with van der Waals surface area (Å²) in [6.45, 7) is 0. The molecule has 2 N–H and O–H groups in total. The van der Waals surface area contributed by atoms with Crippen LogP contribution in [-0.2, 0) is 4.79 Å². The highest BCUT2D eigenvalue weighted by atomic mass is 79.9. The number of carbonyl (C=O) groups is 1. The van der Waals surface area contributed by atoms with E-state index in [9.17, 15) is 4.79 Å². The number of rotatable bonds is 5. The van der Waals surface area contributed by atoms with Gasteiger partial charge in [0.1, 0.15) is 11.5 Å². The summed E-state index contributed by atoms with van der Waals surface area (Å²) in [6, 6.07) is 9.06. The Morgan fingerprint density at radius 2 is 1.89 bits per heavy atom. The second-order valence-electron chi connectivity index (χ2n) is 5.49. The number of anilines is 1. The van der Waals surface area contributed by atoms with Crippen LogP contribution < -0.4 is 20.1 Å². The van der Waals surface area contributed by atoms with E-state index in [1.165, 1.54) is 11.8 Å². The van der Waals surface area contributed by atoms with Crippen molar-refractivity contribution in [3.8, 4) is 11.5 Å². The van der Waals surface area contributed by atoms with E-state index >= 15 is 0 Å². The van der Waals surface area contributed by atoms with Crippen molar-refractivity contribution in [1.29, 1.82) is 0 Å². The van der Waals surface area contributed by atoms with Crippen molar-refractivity contribution in [2.45, 2.75) is 5.50 Å². The average molecular weight is 535 g/mol. The monoisotopic (exact) mass is 532 g/mol. The lowest BCUT2D eigenvalue weighted by Crippen LogP contribution is -2.31. The Hall–Kier alpha value is -1.35. The molecule has 27 heavy (non-hydrogen) atoms. The van der Waals surface area contributed by atoms with Gasteiger partial charge < -0.3 is 20.1 Å². The van der Waals surface area contributed by atoms with Gasteiger partial charge in [0.05, 0.1) is 33.8 Å². The first-order chi connectivity index (χ1) is 12.9. The Kier molecular flexibility index (Phi) is 6.62. The van der Waals surface area contributed by atoms with Gasteiger partial charge in [-0.15, -0.1) is 0 Å². The largest absolute Gasteiger partial charge is 0.495 e. The van der Waals surface area contributed by atoms with E-state index in [1.54, 1.807) is 32.4 Å². The van der Waals surface area contributed by atoms with E-state index < -0.39 is 0 Å². The fraction of sp³-hybridized carbons (Fsp3) is 0.167. The third-order valence-electron chi connectivity index (χ3n) is 3.70. The van der Waals surface area contributed by atoms with Gasteiger partial charge in [-0.1, -0.05) is 23.4 Å². The molecule has 1 atom stereocenters. The first kappa shape index (κ1) is 20.4. The summed E-state index contributed by atoms with van der Waals surface area (Å²) in [7, 11) is 3.18. The van der Waals surface area contributed by atoms with Crippen LogP contribution in [0, 0.1) is 0 Å². The molecule has 1 amide bonds. The standard InChI is InChI=1S/C18H15Br2ClN2O3S/c1-25-14-4-3-10(21)8-13(14)22-18-23-17(24)15(27-18)7-9-5-11(19)16(26-2)12(20)6-9/h3-8,18,22H,1-2H3,(H,23,24)/b15-7-. The summed E-state index contributed by atoms with van der Waals surface area (Å²) < 4.78 is 12.2. The Bertz CT molecular complexity index is 900. The second-order valence-corrected chi connectivity index (χ2v) is 8.78. The van der Waals surface area contributed by atoms with Crippen molar-refractivity contribution in [3.63, 3.8) is 0 Å². The van der Waals surface area contributed by atoms with Gasteiger partial charge in [-0.3, -0.25) is 4.79 Å². The summed E-state index contributed by atoms with van der Waals surface area (Å²) in [5.41, 5.74) is 1.24. The van der Waals surface area contributed by atoms with E-state index in [0.717, 1.165) is 14.5 Å². The Morgan fingerprint density at radius 1 is 1.19 bits per heavy atom. The first-order valence-electron chi connectivity index (χ1n) is 7.73. The van der Waals surface area contributed by atoms with E-state index in [2.05, 4.69) is 42.5 Å². The quantitative estimate of drug-likeness (QED) is 0.498. The van der Waals surface area contributed by atoms with Crippen LogP contribution in [0.2, 0.25) is 5.02 Å². The molecule has 0 aromatic heterocycles. The summed E-state index contributed by atoms with van der Waals surface area (Å²) in [4.78, 5) is 12.9. The van der Waals surface area contributed by atoms with Gasteiger partial charge in [-0.25, -0.2) is 0 Å². The average Bonchev–Trinajstić information content (AvgIpc) is 2.94. The highest BCUT2D eigenvalue weighted by Crippen LogP contribution is 2.37. The molecular formula is C18H15Br2ClN2O3S. The molecule has 0 spiro atoms. The predicted molar refractivity (Wildman–Crippen MR) is 118 cm³/mol. The van der Waals surface area contributed by atoms with Crippen molar-refractivity contribution < 1.29 is 14.3 Å². The van der Waals surface area contributed by atoms with Gasteiger partial charge in [0, 0.05) is 5.02 Å². The van der Waals surface area contributed by atoms with Gasteiger partial charge >= 0.3 is 0 Å². The number of carbonyl (C=O) groups excluding carboxylic acids is 1. The van der Waals surface area contributed by atoms with Crippen LogP contribution in [0.25, 0.3) is 6.08 Å². The number of hydrogen-bond acceptors (Lipinski definition) is 5. The smallest absolute Gasteiger partial charge is 0.260 e. The minimum absolute atomic E-state index is 0.151. The van der Waals surface area contributed by atoms with E-state index in [1.807, 2.05) is 18.2 Å². The van der Waals surface area contributed by atoms with Crippen molar-refractivity contribution in [2.24, 2.45) is 0 Å². The molecule has 2 aromatic rings. The number of hydrogen-bond donors (Lipinski definition) is 2. The van der Waals surface area contributed by atoms with E-state index in [0.29, 0.717) is 27.1 Å². The number of nitrogens with one attached hydrogen (secondary N) is 2. The molecule has 1 heterocycles. The number of amides is 1. The summed E-state index contributed by atoms with van der Waals surface area (Å²) in [6.07, 6.45) is 1.83. The lowest BCUT2D eigenvalue weighted by atomic mass is 10.2. The minimum atomic E-state index is -0.332. The molecule has 3 rings (SSSR count). The molecule has 2 aromatic carbocycles. The van der Waals surface area contributed by atoms with Crippen LogP contribution in [-0.4, -0.2) is 25.6 Å². The molecular weight excluding hydrogens is 520 g/mol. The maximum Gasteiger partial charge on any atom is 0.260 e. The summed E-state index contributed by atoms with van der Waals surface area (Å²) in [5.74, 6) is 1.20. The maximum atomic E-state index is 12.3. The normalized spacial score (nSPS) is 17.7. The Morgan fingerprint density at radius 3 is 2.52 bits per heavy atom. The summed E-state index contributed by atoms with van der Waals surface area (Å²) in [5, 5.41) is 6.70. The molecule has 1 saturated heterocycles. The molecule has 0 aliphatic carbocycles. The second kappa shape index (κ2) is 8.77. The molecule has 0 radical (unpaired) electrons. The number of ether oxygens (including phenoxy) is 2. The Labute approximate surface area is 183 Å². The zero-order valence-electron chi connectivity index (χ0n) is 14.3. The SMILES string of the molecule is COc1ccc(Cl)cc1NC1NC(=O)/C(=C/c2cc(Br)c(OC)c(Br)c2)S1. The number of halogens is 3. The van der Waals surface area contributed by atoms with Crippen LogP contribution in [0.5, 0.6) is 11.5 Å². The van der Waals surface area contributed by atoms with Crippen LogP contribution in [0.4, 0.5) is 5.69 Å². The zero-order valence-corrected chi connectivity index (χ0v) is 19.1. The van der Waals surface area contributed by atoms with Gasteiger partial charge in [0.15, 0.2) is 5.50 Å². The van der Waals surface area contributed by atoms with Crippen molar-refractivity contribution in [1.82, 2.24) is 5.32 Å². The van der Waals surface area contributed by atoms with E-state index in [4.69, 9.17) is 21.1 Å². The van der Waals surface area contributed by atoms with Gasteiger partial charge in [0.25, 0.3) is 5.91 Å². The predicted octanol–water partition coefficient (Wildman–Crippen LogP) is 5.48. The summed E-state index contributed by atoms with van der Waals surface area (Å²) >= 11 is 14.4. The number of thioether (sulfide) groups is 1. The fourth-order valence-electron chi connectivity index (χ4n) is 2.51. The highest BCUT2D eigenvalue weighted by Gasteiger charge is 2.28. The van der Waals surface area contributed by atoms with Crippen LogP contribution in [0.15, 0.2) is 44.2 Å². The minimum Gasteiger partial charge on any atom is -0.495 e. The van der Waals surface area contributed by atoms with Gasteiger partial charge in [-0.2, -0.15) is 0 Å². The van der Waals surface area contributed by atoms with Crippen molar-refractivity contribution in [3.05, 3.63) is 54.8 Å². The molecule has 9 heteroatoms. The van der Waals surface area contributed by atoms with Gasteiger partial charge in [-0.05, 0) is 73.8 Å². The fourth-order valence-corrected chi connectivity index (χ4v) is 5.20. The van der Waals surface area contributed by atoms with Crippen molar-refractivity contribution >= 4 is 72.9 Å². The third-order valence-corrected chi connectivity index (χ3v) is 6.14. The molecule has 1 unspecified atom stereocenters. The van der Waals surface area contributed by atoms with E-state index in [-0.39, 0.29) is 11.4 Å². The molecule has 5 nitrogen and oxygen atoms in total. The topological polar surface area (TPSA) is 59.6 Å². The van der Waals surface area contributed by atoms with Crippen LogP contribution in [0.3, 0.4) is 0 Å².